The van der Waals surface area contributed by atoms with Crippen LogP contribution in [0.5, 0.6) is 11.5 Å². The molecule has 3 aromatic carbocycles. The van der Waals surface area contributed by atoms with Gasteiger partial charge in [0.15, 0.2) is 11.5 Å². The van der Waals surface area contributed by atoms with Gasteiger partial charge in [0.2, 0.25) is 0 Å². The molecule has 0 heterocycles. The smallest absolute Gasteiger partial charge is 0.169 e. The molecule has 0 aliphatic heterocycles. The van der Waals surface area contributed by atoms with E-state index >= 15 is 0 Å². The van der Waals surface area contributed by atoms with Crippen molar-refractivity contribution in [2.45, 2.75) is 6.61 Å². The van der Waals surface area contributed by atoms with E-state index in [0.29, 0.717) is 18.1 Å². The summed E-state index contributed by atoms with van der Waals surface area (Å²) >= 11 is 0. The predicted octanol–water partition coefficient (Wildman–Crippen LogP) is 4.41. The zero-order valence-electron chi connectivity index (χ0n) is 13.7. The summed E-state index contributed by atoms with van der Waals surface area (Å²) in [7, 11) is 3.21. The van der Waals surface area contributed by atoms with Gasteiger partial charge >= 0.3 is 0 Å². The SMILES string of the molecule is COc1cccc(/C=N\OCc2cccc3ccccc23)c1OC. The number of hydrogen-bond donors (Lipinski definition) is 0. The van der Waals surface area contributed by atoms with Gasteiger partial charge in [-0.15, -0.1) is 0 Å². The van der Waals surface area contributed by atoms with Crippen LogP contribution in [0.4, 0.5) is 0 Å². The normalized spacial score (nSPS) is 10.9. The molecule has 0 unspecified atom stereocenters. The van der Waals surface area contributed by atoms with E-state index in [1.807, 2.05) is 42.5 Å². The van der Waals surface area contributed by atoms with Gasteiger partial charge in [0.1, 0.15) is 6.61 Å². The van der Waals surface area contributed by atoms with E-state index in [1.54, 1.807) is 20.4 Å². The number of para-hydroxylation sites is 1. The standard InChI is InChI=1S/C20H19NO3/c1-22-19-12-6-9-16(20(19)23-2)13-21-24-14-17-10-5-8-15-7-3-4-11-18(15)17/h3-13H,14H2,1-2H3/b21-13-. The third kappa shape index (κ3) is 3.33. The average molecular weight is 321 g/mol. The Kier molecular flexibility index (Phi) is 4.96. The molecular weight excluding hydrogens is 302 g/mol. The summed E-state index contributed by atoms with van der Waals surface area (Å²) in [6.07, 6.45) is 1.63. The summed E-state index contributed by atoms with van der Waals surface area (Å²) in [6.45, 7) is 0.407. The molecule has 0 saturated carbocycles. The Bertz CT molecular complexity index is 853. The fourth-order valence-corrected chi connectivity index (χ4v) is 2.63. The van der Waals surface area contributed by atoms with Crippen LogP contribution in [0.25, 0.3) is 10.8 Å². The summed E-state index contributed by atoms with van der Waals surface area (Å²) in [6, 6.07) is 20.0. The molecule has 0 bridgehead atoms. The highest BCUT2D eigenvalue weighted by molar-refractivity contribution is 5.86. The molecule has 0 aliphatic carbocycles. The quantitative estimate of drug-likeness (QED) is 0.499. The van der Waals surface area contributed by atoms with Crippen molar-refractivity contribution in [2.75, 3.05) is 14.2 Å². The maximum absolute atomic E-state index is 5.48. The second kappa shape index (κ2) is 7.51. The predicted molar refractivity (Wildman–Crippen MR) is 95.9 cm³/mol. The number of nitrogens with zero attached hydrogens (tertiary/aromatic N) is 1. The Morgan fingerprint density at radius 1 is 0.875 bits per heavy atom. The molecule has 4 nitrogen and oxygen atoms in total. The first-order valence-electron chi connectivity index (χ1n) is 7.66. The zero-order valence-corrected chi connectivity index (χ0v) is 13.7. The number of methoxy groups -OCH3 is 2. The minimum atomic E-state index is 0.407. The third-order valence-corrected chi connectivity index (χ3v) is 3.80. The van der Waals surface area contributed by atoms with Crippen LogP contribution in [0.1, 0.15) is 11.1 Å². The summed E-state index contributed by atoms with van der Waals surface area (Å²) in [5.41, 5.74) is 1.90. The van der Waals surface area contributed by atoms with Gasteiger partial charge in [-0.05, 0) is 28.5 Å². The van der Waals surface area contributed by atoms with Crippen molar-refractivity contribution in [2.24, 2.45) is 5.16 Å². The largest absolute Gasteiger partial charge is 0.493 e. The first kappa shape index (κ1) is 15.9. The molecule has 24 heavy (non-hydrogen) atoms. The minimum absolute atomic E-state index is 0.407. The molecule has 0 radical (unpaired) electrons. The van der Waals surface area contributed by atoms with E-state index in [-0.39, 0.29) is 0 Å². The van der Waals surface area contributed by atoms with Crippen molar-refractivity contribution < 1.29 is 14.3 Å². The molecule has 0 saturated heterocycles. The van der Waals surface area contributed by atoms with Crippen molar-refractivity contribution in [1.29, 1.82) is 0 Å². The molecule has 0 spiro atoms. The molecule has 0 amide bonds. The lowest BCUT2D eigenvalue weighted by molar-refractivity contribution is 0.133. The van der Waals surface area contributed by atoms with Crippen molar-refractivity contribution in [1.82, 2.24) is 0 Å². The first-order chi connectivity index (χ1) is 11.8. The van der Waals surface area contributed by atoms with Crippen LogP contribution < -0.4 is 9.47 Å². The van der Waals surface area contributed by atoms with E-state index in [0.717, 1.165) is 11.1 Å². The van der Waals surface area contributed by atoms with Crippen LogP contribution in [0.3, 0.4) is 0 Å². The molecule has 0 N–H and O–H groups in total. The van der Waals surface area contributed by atoms with Gasteiger partial charge in [0.05, 0.1) is 20.4 Å². The van der Waals surface area contributed by atoms with Crippen LogP contribution in [0, 0.1) is 0 Å². The van der Waals surface area contributed by atoms with Gasteiger partial charge in [0, 0.05) is 5.56 Å². The number of fused-ring (bicyclic) bond motifs is 1. The fraction of sp³-hybridized carbons (Fsp3) is 0.150. The maximum Gasteiger partial charge on any atom is 0.169 e. The highest BCUT2D eigenvalue weighted by atomic mass is 16.6. The number of oxime groups is 1. The molecule has 0 atom stereocenters. The number of benzene rings is 3. The lowest BCUT2D eigenvalue weighted by Gasteiger charge is -2.09. The van der Waals surface area contributed by atoms with Crippen molar-refractivity contribution in [3.8, 4) is 11.5 Å². The van der Waals surface area contributed by atoms with Crippen LogP contribution in [0.15, 0.2) is 65.8 Å². The minimum Gasteiger partial charge on any atom is -0.493 e. The molecule has 0 fully saturated rings. The third-order valence-electron chi connectivity index (χ3n) is 3.80. The topological polar surface area (TPSA) is 40.0 Å². The highest BCUT2D eigenvalue weighted by Crippen LogP contribution is 2.29. The molecule has 4 heteroatoms. The lowest BCUT2D eigenvalue weighted by Crippen LogP contribution is -1.96. The maximum atomic E-state index is 5.48. The van der Waals surface area contributed by atoms with Crippen molar-refractivity contribution in [3.05, 3.63) is 71.8 Å². The second-order valence-corrected chi connectivity index (χ2v) is 5.23. The second-order valence-electron chi connectivity index (χ2n) is 5.23. The summed E-state index contributed by atoms with van der Waals surface area (Å²) in [5, 5.41) is 6.43. The van der Waals surface area contributed by atoms with Gasteiger partial charge in [0.25, 0.3) is 0 Å². The highest BCUT2D eigenvalue weighted by Gasteiger charge is 2.07. The Morgan fingerprint density at radius 3 is 2.50 bits per heavy atom. The van der Waals surface area contributed by atoms with E-state index in [2.05, 4.69) is 23.4 Å². The van der Waals surface area contributed by atoms with Crippen LogP contribution >= 0.6 is 0 Å². The van der Waals surface area contributed by atoms with Crippen LogP contribution in [0.2, 0.25) is 0 Å². The lowest BCUT2D eigenvalue weighted by atomic mass is 10.1. The molecule has 3 aromatic rings. The molecule has 122 valence electrons. The summed E-state index contributed by atoms with van der Waals surface area (Å²) in [4.78, 5) is 5.48. The van der Waals surface area contributed by atoms with Crippen LogP contribution in [-0.4, -0.2) is 20.4 Å². The Balaban J connectivity index is 1.73. The number of hydrogen-bond acceptors (Lipinski definition) is 4. The number of rotatable bonds is 6. The summed E-state index contributed by atoms with van der Waals surface area (Å²) in [5.74, 6) is 1.30. The Hall–Kier alpha value is -3.01. The van der Waals surface area contributed by atoms with Gasteiger partial charge < -0.3 is 14.3 Å². The number of ether oxygens (including phenoxy) is 2. The van der Waals surface area contributed by atoms with Gasteiger partial charge in [-0.25, -0.2) is 0 Å². The average Bonchev–Trinajstić information content (AvgIpc) is 2.64. The van der Waals surface area contributed by atoms with Gasteiger partial charge in [-0.1, -0.05) is 53.7 Å². The fourth-order valence-electron chi connectivity index (χ4n) is 2.63. The van der Waals surface area contributed by atoms with Gasteiger partial charge in [-0.2, -0.15) is 0 Å². The zero-order chi connectivity index (χ0) is 16.8. The Morgan fingerprint density at radius 2 is 1.67 bits per heavy atom. The first-order valence-corrected chi connectivity index (χ1v) is 7.66. The van der Waals surface area contributed by atoms with E-state index in [4.69, 9.17) is 14.3 Å². The monoisotopic (exact) mass is 321 g/mol. The van der Waals surface area contributed by atoms with Gasteiger partial charge in [-0.3, -0.25) is 0 Å². The van der Waals surface area contributed by atoms with Crippen molar-refractivity contribution >= 4 is 17.0 Å². The van der Waals surface area contributed by atoms with E-state index in [1.165, 1.54) is 10.8 Å². The van der Waals surface area contributed by atoms with E-state index < -0.39 is 0 Å². The molecular formula is C20H19NO3. The van der Waals surface area contributed by atoms with E-state index in [9.17, 15) is 0 Å². The van der Waals surface area contributed by atoms with Crippen molar-refractivity contribution in [3.63, 3.8) is 0 Å². The van der Waals surface area contributed by atoms with Crippen LogP contribution in [-0.2, 0) is 11.4 Å². The summed E-state index contributed by atoms with van der Waals surface area (Å²) < 4.78 is 10.6. The molecule has 3 rings (SSSR count). The Labute approximate surface area is 141 Å². The molecule has 0 aliphatic rings. The molecule has 0 aromatic heterocycles.